The number of likely N-dealkylation sites (tertiary alicyclic amines) is 2. The summed E-state index contributed by atoms with van der Waals surface area (Å²) < 4.78 is 48.3. The first-order valence-electron chi connectivity index (χ1n) is 10.3. The summed E-state index contributed by atoms with van der Waals surface area (Å²) in [5.41, 5.74) is -0.557. The predicted octanol–water partition coefficient (Wildman–Crippen LogP) is 2.61. The molecule has 0 spiro atoms. The number of sulfone groups is 1. The van der Waals surface area contributed by atoms with Gasteiger partial charge in [-0.15, -0.1) is 0 Å². The van der Waals surface area contributed by atoms with E-state index in [9.17, 15) is 22.4 Å². The quantitative estimate of drug-likeness (QED) is 0.692. The zero-order valence-electron chi connectivity index (χ0n) is 18.3. The lowest BCUT2D eigenvalue weighted by molar-refractivity contribution is -0.136. The van der Waals surface area contributed by atoms with Crippen molar-refractivity contribution in [3.05, 3.63) is 24.0 Å². The van der Waals surface area contributed by atoms with E-state index in [1.165, 1.54) is 12.1 Å². The van der Waals surface area contributed by atoms with Crippen LogP contribution < -0.4 is 4.74 Å². The first kappa shape index (κ1) is 23.3. The van der Waals surface area contributed by atoms with Gasteiger partial charge in [0.15, 0.2) is 27.5 Å². The van der Waals surface area contributed by atoms with Crippen molar-refractivity contribution in [1.29, 1.82) is 0 Å². The van der Waals surface area contributed by atoms with Crippen molar-refractivity contribution in [2.24, 2.45) is 0 Å². The lowest BCUT2D eigenvalue weighted by Gasteiger charge is -2.37. The Morgan fingerprint density at radius 3 is 2.32 bits per heavy atom. The molecule has 2 aliphatic heterocycles. The Labute approximate surface area is 182 Å². The highest BCUT2D eigenvalue weighted by Crippen LogP contribution is 2.28. The Hall–Kier alpha value is -2.36. The zero-order chi connectivity index (χ0) is 23.0. The lowest BCUT2D eigenvalue weighted by Crippen LogP contribution is -2.49. The van der Waals surface area contributed by atoms with E-state index in [1.54, 1.807) is 9.80 Å². The number of hydrogen-bond donors (Lipinski definition) is 0. The first-order chi connectivity index (χ1) is 14.3. The van der Waals surface area contributed by atoms with E-state index < -0.39 is 27.4 Å². The van der Waals surface area contributed by atoms with E-state index in [0.29, 0.717) is 38.9 Å². The summed E-state index contributed by atoms with van der Waals surface area (Å²) in [4.78, 5) is 28.3. The molecule has 8 nitrogen and oxygen atoms in total. The van der Waals surface area contributed by atoms with Crippen LogP contribution in [0, 0.1) is 5.82 Å². The molecule has 172 valence electrons. The van der Waals surface area contributed by atoms with E-state index >= 15 is 0 Å². The van der Waals surface area contributed by atoms with Crippen molar-refractivity contribution < 1.29 is 31.9 Å². The van der Waals surface area contributed by atoms with Crippen molar-refractivity contribution in [1.82, 2.24) is 9.80 Å². The second kappa shape index (κ2) is 8.64. The van der Waals surface area contributed by atoms with Gasteiger partial charge in [0.25, 0.3) is 5.91 Å². The number of carbonyl (C=O) groups excluding carboxylic acids is 2. The van der Waals surface area contributed by atoms with Gasteiger partial charge in [-0.3, -0.25) is 4.79 Å². The number of ether oxygens (including phenoxy) is 2. The van der Waals surface area contributed by atoms with Crippen LogP contribution in [0.5, 0.6) is 5.75 Å². The van der Waals surface area contributed by atoms with Crippen molar-refractivity contribution in [3.63, 3.8) is 0 Å². The van der Waals surface area contributed by atoms with E-state index in [1.807, 2.05) is 20.8 Å². The smallest absolute Gasteiger partial charge is 0.410 e. The van der Waals surface area contributed by atoms with E-state index in [2.05, 4.69) is 0 Å². The number of piperidine rings is 1. The number of halogens is 1. The van der Waals surface area contributed by atoms with Gasteiger partial charge in [-0.2, -0.15) is 0 Å². The highest BCUT2D eigenvalue weighted by Gasteiger charge is 2.39. The van der Waals surface area contributed by atoms with Crippen LogP contribution in [-0.4, -0.2) is 73.9 Å². The standard InChI is InChI=1S/C21H29FN2O6S/c1-21(2,3)30-20(26)23-10-7-14(8-11-23)24-12-9-18(19(24)25)29-17-6-5-15(13-16(17)22)31(4,27)28/h5-6,13-14,18H,7-12H2,1-4H3/t18-/m0/s1. The molecule has 1 aromatic carbocycles. The van der Waals surface area contributed by atoms with E-state index in [0.717, 1.165) is 12.3 Å². The maximum Gasteiger partial charge on any atom is 0.410 e. The summed E-state index contributed by atoms with van der Waals surface area (Å²) in [6, 6.07) is 3.38. The molecule has 0 saturated carbocycles. The normalized spacial score (nSPS) is 20.8. The van der Waals surface area contributed by atoms with Crippen molar-refractivity contribution in [3.8, 4) is 5.75 Å². The summed E-state index contributed by atoms with van der Waals surface area (Å²) in [5.74, 6) is -1.19. The maximum absolute atomic E-state index is 14.3. The molecule has 2 amide bonds. The molecule has 31 heavy (non-hydrogen) atoms. The first-order valence-corrected chi connectivity index (χ1v) is 12.2. The highest BCUT2D eigenvalue weighted by molar-refractivity contribution is 7.90. The number of amides is 2. The van der Waals surface area contributed by atoms with Gasteiger partial charge in [-0.25, -0.2) is 17.6 Å². The van der Waals surface area contributed by atoms with Gasteiger partial charge < -0.3 is 19.3 Å². The molecule has 1 atom stereocenters. The maximum atomic E-state index is 14.3. The molecule has 2 aliphatic rings. The third kappa shape index (κ3) is 5.66. The predicted molar refractivity (Wildman–Crippen MR) is 111 cm³/mol. The average molecular weight is 457 g/mol. The topological polar surface area (TPSA) is 93.2 Å². The molecule has 10 heteroatoms. The van der Waals surface area contributed by atoms with Gasteiger partial charge in [0.05, 0.1) is 4.90 Å². The Morgan fingerprint density at radius 2 is 1.77 bits per heavy atom. The third-order valence-corrected chi connectivity index (χ3v) is 6.46. The highest BCUT2D eigenvalue weighted by atomic mass is 32.2. The van der Waals surface area contributed by atoms with Gasteiger partial charge in [-0.1, -0.05) is 0 Å². The Kier molecular flexibility index (Phi) is 6.50. The van der Waals surface area contributed by atoms with Crippen LogP contribution >= 0.6 is 0 Å². The van der Waals surface area contributed by atoms with Gasteiger partial charge in [-0.05, 0) is 51.8 Å². The van der Waals surface area contributed by atoms with Crippen molar-refractivity contribution >= 4 is 21.8 Å². The van der Waals surface area contributed by atoms with Crippen molar-refractivity contribution in [2.45, 2.75) is 62.7 Å². The summed E-state index contributed by atoms with van der Waals surface area (Å²) in [5, 5.41) is 0. The molecule has 2 fully saturated rings. The average Bonchev–Trinajstić information content (AvgIpc) is 3.01. The largest absolute Gasteiger partial charge is 0.477 e. The zero-order valence-corrected chi connectivity index (χ0v) is 19.1. The lowest BCUT2D eigenvalue weighted by atomic mass is 10.0. The minimum absolute atomic E-state index is 0.0164. The fourth-order valence-electron chi connectivity index (χ4n) is 3.79. The molecule has 0 radical (unpaired) electrons. The minimum atomic E-state index is -3.53. The number of rotatable bonds is 4. The summed E-state index contributed by atoms with van der Waals surface area (Å²) in [6.45, 7) is 6.94. The van der Waals surface area contributed by atoms with Gasteiger partial charge in [0.1, 0.15) is 5.60 Å². The molecule has 0 bridgehead atoms. The molecule has 3 rings (SSSR count). The summed E-state index contributed by atoms with van der Waals surface area (Å²) >= 11 is 0. The third-order valence-electron chi connectivity index (χ3n) is 5.35. The van der Waals surface area contributed by atoms with Crippen LogP contribution in [0.4, 0.5) is 9.18 Å². The molecule has 0 aromatic heterocycles. The van der Waals surface area contributed by atoms with Crippen LogP contribution in [0.25, 0.3) is 0 Å². The van der Waals surface area contributed by atoms with Crippen molar-refractivity contribution in [2.75, 3.05) is 25.9 Å². The fourth-order valence-corrected chi connectivity index (χ4v) is 4.43. The second-order valence-electron chi connectivity index (χ2n) is 8.99. The molecular weight excluding hydrogens is 427 g/mol. The van der Waals surface area contributed by atoms with E-state index in [-0.39, 0.29) is 28.7 Å². The van der Waals surface area contributed by atoms with Crippen LogP contribution in [-0.2, 0) is 19.4 Å². The molecule has 0 unspecified atom stereocenters. The second-order valence-corrected chi connectivity index (χ2v) is 11.0. The van der Waals surface area contributed by atoms with E-state index in [4.69, 9.17) is 9.47 Å². The van der Waals surface area contributed by atoms with Gasteiger partial charge in [0.2, 0.25) is 0 Å². The number of benzene rings is 1. The summed E-state index contributed by atoms with van der Waals surface area (Å²) in [7, 11) is -3.53. The molecule has 1 aromatic rings. The molecule has 2 heterocycles. The number of hydrogen-bond acceptors (Lipinski definition) is 6. The fraction of sp³-hybridized carbons (Fsp3) is 0.619. The number of nitrogens with zero attached hydrogens (tertiary/aromatic N) is 2. The van der Waals surface area contributed by atoms with Crippen LogP contribution in [0.1, 0.15) is 40.0 Å². The Balaban J connectivity index is 1.57. The van der Waals surface area contributed by atoms with Crippen LogP contribution in [0.3, 0.4) is 0 Å². The molecule has 0 N–H and O–H groups in total. The molecular formula is C21H29FN2O6S. The Morgan fingerprint density at radius 1 is 1.13 bits per heavy atom. The van der Waals surface area contributed by atoms with Crippen LogP contribution in [0.2, 0.25) is 0 Å². The SMILES string of the molecule is CC(C)(C)OC(=O)N1CCC(N2CC[C@H](Oc3ccc(S(C)(=O)=O)cc3F)C2=O)CC1. The summed E-state index contributed by atoms with van der Waals surface area (Å²) in [6.07, 6.45) is 1.51. The molecule has 0 aliphatic carbocycles. The molecule has 2 saturated heterocycles. The minimum Gasteiger partial charge on any atom is -0.477 e. The van der Waals surface area contributed by atoms with Gasteiger partial charge in [0, 0.05) is 38.4 Å². The monoisotopic (exact) mass is 456 g/mol. The van der Waals surface area contributed by atoms with Gasteiger partial charge >= 0.3 is 6.09 Å². The Bertz CT molecular complexity index is 951. The number of carbonyl (C=O) groups is 2. The van der Waals surface area contributed by atoms with Crippen LogP contribution in [0.15, 0.2) is 23.1 Å².